The van der Waals surface area contributed by atoms with Crippen LogP contribution in [0.1, 0.15) is 60.2 Å². The third kappa shape index (κ3) is 6.56. The van der Waals surface area contributed by atoms with E-state index in [4.69, 9.17) is 9.47 Å². The first-order valence-corrected chi connectivity index (χ1v) is 14.8. The van der Waals surface area contributed by atoms with Crippen LogP contribution in [0.15, 0.2) is 42.9 Å². The first-order valence-electron chi connectivity index (χ1n) is 14.8. The van der Waals surface area contributed by atoms with Crippen LogP contribution in [0, 0.1) is 11.3 Å². The number of nitriles is 1. The average molecular weight is 620 g/mol. The fourth-order valence-electron chi connectivity index (χ4n) is 5.90. The van der Waals surface area contributed by atoms with Crippen LogP contribution < -0.4 is 9.47 Å². The van der Waals surface area contributed by atoms with E-state index in [9.17, 15) is 23.2 Å². The Bertz CT molecular complexity index is 1760. The summed E-state index contributed by atoms with van der Waals surface area (Å²) in [6.07, 6.45) is 1.20. The van der Waals surface area contributed by atoms with E-state index < -0.39 is 17.6 Å². The Morgan fingerprint density at radius 1 is 1.16 bits per heavy atom. The summed E-state index contributed by atoms with van der Waals surface area (Å²) in [4.78, 5) is 33.1. The second-order valence-corrected chi connectivity index (χ2v) is 11.6. The zero-order chi connectivity index (χ0) is 31.7. The number of carbonyl (C=O) groups is 1. The van der Waals surface area contributed by atoms with Gasteiger partial charge in [0.15, 0.2) is 0 Å². The van der Waals surface area contributed by atoms with Gasteiger partial charge in [-0.25, -0.2) is 9.97 Å². The van der Waals surface area contributed by atoms with E-state index in [1.807, 2.05) is 20.0 Å². The van der Waals surface area contributed by atoms with E-state index in [2.05, 4.69) is 30.9 Å². The first kappa shape index (κ1) is 30.3. The molecule has 45 heavy (non-hydrogen) atoms. The van der Waals surface area contributed by atoms with Crippen LogP contribution in [0.3, 0.4) is 0 Å². The number of hydrogen-bond acceptors (Lipinski definition) is 8. The molecule has 4 aromatic rings. The number of nitrogens with zero attached hydrogens (tertiary/aromatic N) is 6. The van der Waals surface area contributed by atoms with Crippen LogP contribution >= 0.6 is 0 Å². The van der Waals surface area contributed by atoms with Crippen molar-refractivity contribution in [1.29, 1.82) is 5.26 Å². The molecule has 1 saturated heterocycles. The number of rotatable bonds is 7. The Balaban J connectivity index is 1.19. The minimum atomic E-state index is -4.68. The van der Waals surface area contributed by atoms with Gasteiger partial charge >= 0.3 is 6.18 Å². The summed E-state index contributed by atoms with van der Waals surface area (Å²) in [7, 11) is 1.96. The average Bonchev–Trinajstić information content (AvgIpc) is 3.46. The molecule has 6 rings (SSSR count). The maximum atomic E-state index is 14.0. The molecular weight excluding hydrogens is 587 g/mol. The molecule has 0 unspecified atom stereocenters. The molecular formula is C32H32F3N7O3. The molecule has 0 aromatic carbocycles. The van der Waals surface area contributed by atoms with Crippen molar-refractivity contribution in [2.45, 2.75) is 57.3 Å². The van der Waals surface area contributed by atoms with Crippen LogP contribution in [-0.4, -0.2) is 68.4 Å². The molecule has 234 valence electrons. The third-order valence-corrected chi connectivity index (χ3v) is 8.36. The molecule has 1 fully saturated rings. The van der Waals surface area contributed by atoms with Crippen molar-refractivity contribution in [1.82, 2.24) is 29.7 Å². The van der Waals surface area contributed by atoms with Crippen LogP contribution in [0.2, 0.25) is 0 Å². The second-order valence-electron chi connectivity index (χ2n) is 11.6. The number of pyridine rings is 3. The zero-order valence-electron chi connectivity index (χ0n) is 24.9. The van der Waals surface area contributed by atoms with Gasteiger partial charge in [0.05, 0.1) is 23.7 Å². The molecule has 0 aliphatic carbocycles. The maximum Gasteiger partial charge on any atom is 0.421 e. The van der Waals surface area contributed by atoms with Crippen LogP contribution in [-0.2, 0) is 23.9 Å². The highest BCUT2D eigenvalue weighted by atomic mass is 19.4. The number of hydrogen-bond donors (Lipinski definition) is 1. The predicted molar refractivity (Wildman–Crippen MR) is 158 cm³/mol. The summed E-state index contributed by atoms with van der Waals surface area (Å²) in [6.45, 7) is 4.12. The predicted octanol–water partition coefficient (Wildman–Crippen LogP) is 5.59. The fraction of sp³-hybridized carbons (Fsp3) is 0.406. The van der Waals surface area contributed by atoms with E-state index in [-0.39, 0.29) is 36.5 Å². The molecule has 1 amide bonds. The minimum Gasteiger partial charge on any atom is -0.474 e. The molecule has 0 bridgehead atoms. The molecule has 1 N–H and O–H groups in total. The molecule has 1 atom stereocenters. The Kier molecular flexibility index (Phi) is 8.33. The van der Waals surface area contributed by atoms with E-state index in [0.29, 0.717) is 47.6 Å². The molecule has 2 aliphatic rings. The van der Waals surface area contributed by atoms with Gasteiger partial charge in [0.1, 0.15) is 40.6 Å². The van der Waals surface area contributed by atoms with Gasteiger partial charge in [-0.2, -0.15) is 18.4 Å². The van der Waals surface area contributed by atoms with Crippen molar-refractivity contribution in [3.05, 3.63) is 70.9 Å². The van der Waals surface area contributed by atoms with E-state index in [0.717, 1.165) is 36.8 Å². The smallest absolute Gasteiger partial charge is 0.421 e. The van der Waals surface area contributed by atoms with Gasteiger partial charge in [-0.3, -0.25) is 9.78 Å². The molecule has 2 aliphatic heterocycles. The molecule has 6 heterocycles. The van der Waals surface area contributed by atoms with Gasteiger partial charge in [-0.15, -0.1) is 0 Å². The summed E-state index contributed by atoms with van der Waals surface area (Å²) >= 11 is 0. The minimum absolute atomic E-state index is 0.0450. The standard InChI is InChI=1S/C32H32F3N7O3/c1-3-20-17-42(18-21-12-24(16-38-29(20)21)44-27-4-7-37-30-25(27)13-22(14-36)40-30)28(43)11-19-10-26(32(33,34)35)31(39-15-19)45-23-5-8-41(2)9-6-23/h4,7,10,12-13,15-16,20,23H,3,5-6,8-9,11,17-18H2,1-2H3,(H,37,40)/t20-/m0/s1. The van der Waals surface area contributed by atoms with Gasteiger partial charge in [0.2, 0.25) is 11.8 Å². The quantitative estimate of drug-likeness (QED) is 0.285. The third-order valence-electron chi connectivity index (χ3n) is 8.36. The summed E-state index contributed by atoms with van der Waals surface area (Å²) in [5.74, 6) is 0.142. The second kappa shape index (κ2) is 12.4. The van der Waals surface area contributed by atoms with Crippen molar-refractivity contribution in [2.24, 2.45) is 0 Å². The zero-order valence-corrected chi connectivity index (χ0v) is 24.9. The number of nitrogens with one attached hydrogen (secondary N) is 1. The van der Waals surface area contributed by atoms with Gasteiger partial charge < -0.3 is 24.3 Å². The number of carbonyl (C=O) groups excluding carboxylic acids is 1. The highest BCUT2D eigenvalue weighted by Crippen LogP contribution is 2.38. The number of piperidine rings is 1. The van der Waals surface area contributed by atoms with Gasteiger partial charge in [-0.05, 0) is 61.7 Å². The van der Waals surface area contributed by atoms with Crippen LogP contribution in [0.5, 0.6) is 17.4 Å². The van der Waals surface area contributed by atoms with Crippen molar-refractivity contribution in [3.63, 3.8) is 0 Å². The van der Waals surface area contributed by atoms with Gasteiger partial charge in [0, 0.05) is 44.5 Å². The van der Waals surface area contributed by atoms with E-state index in [1.165, 1.54) is 6.20 Å². The Morgan fingerprint density at radius 2 is 1.96 bits per heavy atom. The monoisotopic (exact) mass is 619 g/mol. The lowest BCUT2D eigenvalue weighted by Gasteiger charge is -2.34. The maximum absolute atomic E-state index is 14.0. The normalized spacial score (nSPS) is 17.6. The lowest BCUT2D eigenvalue weighted by Crippen LogP contribution is -2.39. The Labute approximate surface area is 257 Å². The van der Waals surface area contributed by atoms with Crippen LogP contribution in [0.25, 0.3) is 11.0 Å². The number of ether oxygens (including phenoxy) is 2. The van der Waals surface area contributed by atoms with Crippen molar-refractivity contribution in [2.75, 3.05) is 26.7 Å². The van der Waals surface area contributed by atoms with Crippen molar-refractivity contribution < 1.29 is 27.4 Å². The number of likely N-dealkylation sites (tertiary alicyclic amines) is 1. The van der Waals surface area contributed by atoms with E-state index >= 15 is 0 Å². The summed E-state index contributed by atoms with van der Waals surface area (Å²) in [5, 5.41) is 9.88. The largest absolute Gasteiger partial charge is 0.474 e. The number of fused-ring (bicyclic) bond motifs is 2. The molecule has 13 heteroatoms. The molecule has 0 saturated carbocycles. The number of aromatic amines is 1. The Hall–Kier alpha value is -4.70. The summed E-state index contributed by atoms with van der Waals surface area (Å²) in [6, 6.07) is 8.21. The number of aromatic nitrogens is 4. The first-order chi connectivity index (χ1) is 21.6. The number of alkyl halides is 3. The fourth-order valence-corrected chi connectivity index (χ4v) is 5.90. The summed E-state index contributed by atoms with van der Waals surface area (Å²) in [5.41, 5.74) is 1.73. The lowest BCUT2D eigenvalue weighted by molar-refractivity contribution is -0.140. The van der Waals surface area contributed by atoms with Crippen molar-refractivity contribution in [3.8, 4) is 23.4 Å². The van der Waals surface area contributed by atoms with E-state index in [1.54, 1.807) is 29.4 Å². The number of H-pyrrole nitrogens is 1. The lowest BCUT2D eigenvalue weighted by atomic mass is 9.92. The highest BCUT2D eigenvalue weighted by Gasteiger charge is 2.37. The number of halogens is 3. The number of amides is 1. The molecule has 4 aromatic heterocycles. The van der Waals surface area contributed by atoms with Crippen LogP contribution in [0.4, 0.5) is 13.2 Å². The SMILES string of the molecule is CC[C@H]1CN(C(=O)Cc2cnc(OC3CCN(C)CC3)c(C(F)(F)F)c2)Cc2cc(Oc3ccnc4[nH]c(C#N)cc34)cnc21. The molecule has 10 nitrogen and oxygen atoms in total. The molecule has 0 spiro atoms. The Morgan fingerprint density at radius 3 is 2.69 bits per heavy atom. The van der Waals surface area contributed by atoms with Crippen molar-refractivity contribution >= 4 is 16.9 Å². The highest BCUT2D eigenvalue weighted by molar-refractivity contribution is 5.84. The molecule has 0 radical (unpaired) electrons. The topological polar surface area (TPSA) is 120 Å². The summed E-state index contributed by atoms with van der Waals surface area (Å²) < 4.78 is 53.9. The van der Waals surface area contributed by atoms with Gasteiger partial charge in [0.25, 0.3) is 0 Å². The van der Waals surface area contributed by atoms with Gasteiger partial charge in [-0.1, -0.05) is 6.92 Å².